The topological polar surface area (TPSA) is 131 Å². The molecule has 0 radical (unpaired) electrons. The molecule has 0 spiro atoms. The van der Waals surface area contributed by atoms with Crippen molar-refractivity contribution in [2.45, 2.75) is 32.7 Å². The highest BCUT2D eigenvalue weighted by atomic mass is 35.5. The number of hydrogen-bond acceptors (Lipinski definition) is 5. The number of nitrogens with two attached hydrogens (primary N) is 1. The minimum absolute atomic E-state index is 0.0105. The second-order valence-corrected chi connectivity index (χ2v) is 8.44. The van der Waals surface area contributed by atoms with Crippen LogP contribution in [0.15, 0.2) is 48.5 Å². The van der Waals surface area contributed by atoms with Gasteiger partial charge in [-0.05, 0) is 43.0 Å². The zero-order valence-corrected chi connectivity index (χ0v) is 20.0. The molecule has 2 rings (SSSR count). The van der Waals surface area contributed by atoms with Crippen molar-refractivity contribution >= 4 is 29.3 Å². The molecule has 0 aliphatic carbocycles. The summed E-state index contributed by atoms with van der Waals surface area (Å²) < 4.78 is 5.59. The van der Waals surface area contributed by atoms with E-state index >= 15 is 0 Å². The van der Waals surface area contributed by atoms with Crippen LogP contribution in [0.25, 0.3) is 0 Å². The van der Waals surface area contributed by atoms with Crippen molar-refractivity contribution in [3.05, 3.63) is 64.7 Å². The number of amides is 3. The Bertz CT molecular complexity index is 955. The molecule has 0 aliphatic rings. The van der Waals surface area contributed by atoms with E-state index in [1.807, 2.05) is 30.3 Å². The normalized spacial score (nSPS) is 12.4. The fraction of sp³-hybridized carbons (Fsp3) is 0.400. The lowest BCUT2D eigenvalue weighted by molar-refractivity contribution is -0.133. The molecule has 0 aromatic heterocycles. The number of halogens is 1. The van der Waals surface area contributed by atoms with Gasteiger partial charge in [-0.2, -0.15) is 0 Å². The Morgan fingerprint density at radius 2 is 1.85 bits per heavy atom. The predicted molar refractivity (Wildman–Crippen MR) is 130 cm³/mol. The monoisotopic (exact) mass is 489 g/mol. The van der Waals surface area contributed by atoms with Gasteiger partial charge in [0.15, 0.2) is 6.61 Å². The van der Waals surface area contributed by atoms with Crippen LogP contribution in [-0.2, 0) is 27.3 Å². The smallest absolute Gasteiger partial charge is 0.257 e. The van der Waals surface area contributed by atoms with Crippen molar-refractivity contribution in [3.63, 3.8) is 0 Å². The molecule has 184 valence electrons. The lowest BCUT2D eigenvalue weighted by Gasteiger charge is -2.21. The number of carbonyl (C=O) groups is 3. The SMILES string of the molecule is C[C@H](C(=O)NCc1cc(Cl)ccc1OCC(=O)NCCCO)C(CCc1ccccc1)C(N)=O. The fourth-order valence-corrected chi connectivity index (χ4v) is 3.65. The third kappa shape index (κ3) is 9.03. The van der Waals surface area contributed by atoms with Gasteiger partial charge in [0.05, 0.1) is 0 Å². The van der Waals surface area contributed by atoms with E-state index in [0.29, 0.717) is 42.1 Å². The average Bonchev–Trinajstić information content (AvgIpc) is 2.82. The largest absolute Gasteiger partial charge is 0.483 e. The van der Waals surface area contributed by atoms with E-state index in [-0.39, 0.29) is 31.6 Å². The van der Waals surface area contributed by atoms with E-state index in [1.54, 1.807) is 25.1 Å². The number of carbonyl (C=O) groups excluding carboxylic acids is 3. The summed E-state index contributed by atoms with van der Waals surface area (Å²) in [5, 5.41) is 14.7. The summed E-state index contributed by atoms with van der Waals surface area (Å²) in [5.74, 6) is -1.98. The molecule has 8 nitrogen and oxygen atoms in total. The zero-order chi connectivity index (χ0) is 24.9. The van der Waals surface area contributed by atoms with E-state index in [4.69, 9.17) is 27.2 Å². The summed E-state index contributed by atoms with van der Waals surface area (Å²) in [6, 6.07) is 14.6. The highest BCUT2D eigenvalue weighted by Gasteiger charge is 2.28. The standard InChI is InChI=1S/C25H32ClN3O5/c1-17(21(24(27)32)10-8-18-6-3-2-4-7-18)25(33)29-15-19-14-20(26)9-11-22(19)34-16-23(31)28-12-5-13-30/h2-4,6-7,9,11,14,17,21,30H,5,8,10,12-13,15-16H2,1H3,(H2,27,32)(H,28,31)(H,29,33)/t17-,21?/m0/s1. The number of primary amides is 1. The molecule has 5 N–H and O–H groups in total. The van der Waals surface area contributed by atoms with E-state index in [2.05, 4.69) is 10.6 Å². The average molecular weight is 490 g/mol. The molecule has 34 heavy (non-hydrogen) atoms. The van der Waals surface area contributed by atoms with E-state index in [1.165, 1.54) is 0 Å². The number of aliphatic hydroxyl groups excluding tert-OH is 1. The second kappa shape index (κ2) is 14.2. The first-order chi connectivity index (χ1) is 16.3. The molecule has 2 aromatic carbocycles. The van der Waals surface area contributed by atoms with E-state index < -0.39 is 17.7 Å². The highest BCUT2D eigenvalue weighted by molar-refractivity contribution is 6.30. The van der Waals surface area contributed by atoms with Crippen LogP contribution < -0.4 is 21.1 Å². The minimum Gasteiger partial charge on any atom is -0.483 e. The molecule has 2 aromatic rings. The van der Waals surface area contributed by atoms with Crippen LogP contribution in [0.2, 0.25) is 5.02 Å². The van der Waals surface area contributed by atoms with E-state index in [9.17, 15) is 14.4 Å². The number of aliphatic hydroxyl groups is 1. The number of ether oxygens (including phenoxy) is 1. The first kappa shape index (κ1) is 27.1. The van der Waals surface area contributed by atoms with Crippen LogP contribution in [0, 0.1) is 11.8 Å². The number of hydrogen-bond donors (Lipinski definition) is 4. The van der Waals surface area contributed by atoms with Crippen LogP contribution in [0.4, 0.5) is 0 Å². The van der Waals surface area contributed by atoms with Crippen LogP contribution in [0.3, 0.4) is 0 Å². The van der Waals surface area contributed by atoms with Crippen LogP contribution in [0.5, 0.6) is 5.75 Å². The van der Waals surface area contributed by atoms with Crippen molar-refractivity contribution in [2.24, 2.45) is 17.6 Å². The van der Waals surface area contributed by atoms with Gasteiger partial charge in [-0.25, -0.2) is 0 Å². The van der Waals surface area contributed by atoms with Crippen LogP contribution in [0.1, 0.15) is 30.9 Å². The number of nitrogens with one attached hydrogen (secondary N) is 2. The fourth-order valence-electron chi connectivity index (χ4n) is 3.46. The van der Waals surface area contributed by atoms with Gasteiger partial charge < -0.3 is 26.2 Å². The van der Waals surface area contributed by atoms with E-state index in [0.717, 1.165) is 5.56 Å². The van der Waals surface area contributed by atoms with Gasteiger partial charge >= 0.3 is 0 Å². The third-order valence-corrected chi connectivity index (χ3v) is 5.70. The van der Waals surface area contributed by atoms with Gasteiger partial charge in [-0.1, -0.05) is 48.9 Å². The summed E-state index contributed by atoms with van der Waals surface area (Å²) in [5.41, 5.74) is 7.26. The highest BCUT2D eigenvalue weighted by Crippen LogP contribution is 2.24. The zero-order valence-electron chi connectivity index (χ0n) is 19.3. The Morgan fingerprint density at radius 3 is 2.53 bits per heavy atom. The molecule has 3 amide bonds. The predicted octanol–water partition coefficient (Wildman–Crippen LogP) is 2.20. The first-order valence-electron chi connectivity index (χ1n) is 11.2. The van der Waals surface area contributed by atoms with Gasteiger partial charge in [-0.15, -0.1) is 0 Å². The molecule has 0 saturated carbocycles. The molecular formula is C25H32ClN3O5. The molecule has 0 saturated heterocycles. The van der Waals surface area contributed by atoms with Crippen LogP contribution >= 0.6 is 11.6 Å². The molecule has 2 atom stereocenters. The molecule has 1 unspecified atom stereocenters. The van der Waals surface area contributed by atoms with Gasteiger partial charge in [0.1, 0.15) is 5.75 Å². The van der Waals surface area contributed by atoms with Crippen molar-refractivity contribution in [1.82, 2.24) is 10.6 Å². The summed E-state index contributed by atoms with van der Waals surface area (Å²) in [6.45, 7) is 1.92. The van der Waals surface area contributed by atoms with Crippen molar-refractivity contribution in [2.75, 3.05) is 19.8 Å². The van der Waals surface area contributed by atoms with Crippen molar-refractivity contribution in [1.29, 1.82) is 0 Å². The summed E-state index contributed by atoms with van der Waals surface area (Å²) in [4.78, 5) is 36.7. The summed E-state index contributed by atoms with van der Waals surface area (Å²) in [6.07, 6.45) is 1.56. The second-order valence-electron chi connectivity index (χ2n) is 8.01. The van der Waals surface area contributed by atoms with Crippen molar-refractivity contribution < 1.29 is 24.2 Å². The first-order valence-corrected chi connectivity index (χ1v) is 11.6. The van der Waals surface area contributed by atoms with Gasteiger partial charge in [-0.3, -0.25) is 14.4 Å². The number of rotatable bonds is 14. The Hall–Kier alpha value is -3.10. The summed E-state index contributed by atoms with van der Waals surface area (Å²) in [7, 11) is 0. The summed E-state index contributed by atoms with van der Waals surface area (Å²) >= 11 is 6.10. The molecular weight excluding hydrogens is 458 g/mol. The number of benzene rings is 2. The Morgan fingerprint density at radius 1 is 1.12 bits per heavy atom. The van der Waals surface area contributed by atoms with Gasteiger partial charge in [0.25, 0.3) is 5.91 Å². The quantitative estimate of drug-likeness (QED) is 0.302. The maximum absolute atomic E-state index is 12.8. The van der Waals surface area contributed by atoms with Gasteiger partial charge in [0.2, 0.25) is 11.8 Å². The minimum atomic E-state index is -0.623. The number of aryl methyl sites for hydroxylation is 1. The van der Waals surface area contributed by atoms with Gasteiger partial charge in [0, 0.05) is 42.1 Å². The maximum Gasteiger partial charge on any atom is 0.257 e. The Labute approximate surface area is 204 Å². The molecule has 0 heterocycles. The Balaban J connectivity index is 1.95. The molecule has 0 aliphatic heterocycles. The third-order valence-electron chi connectivity index (χ3n) is 5.46. The molecule has 0 bridgehead atoms. The lowest BCUT2D eigenvalue weighted by Crippen LogP contribution is -2.39. The maximum atomic E-state index is 12.8. The lowest BCUT2D eigenvalue weighted by atomic mass is 9.87. The Kier molecular flexibility index (Phi) is 11.4. The van der Waals surface area contributed by atoms with Crippen molar-refractivity contribution in [3.8, 4) is 5.75 Å². The molecule has 9 heteroatoms. The molecule has 0 fully saturated rings. The van der Waals surface area contributed by atoms with Crippen LogP contribution in [-0.4, -0.2) is 42.6 Å².